The second-order valence-corrected chi connectivity index (χ2v) is 8.83. The third-order valence-corrected chi connectivity index (χ3v) is 6.09. The predicted molar refractivity (Wildman–Crippen MR) is 119 cm³/mol. The van der Waals surface area contributed by atoms with Crippen molar-refractivity contribution in [1.82, 2.24) is 5.32 Å². The molecule has 0 spiro atoms. The van der Waals surface area contributed by atoms with E-state index < -0.39 is 27.9 Å². The zero-order valence-corrected chi connectivity index (χ0v) is 18.3. The first-order valence-electron chi connectivity index (χ1n) is 9.99. The highest BCUT2D eigenvalue weighted by Gasteiger charge is 2.20. The molecule has 1 atom stereocenters. The first kappa shape index (κ1) is 22.2. The smallest absolute Gasteiger partial charge is 0.287 e. The minimum Gasteiger partial charge on any atom is -0.486 e. The lowest BCUT2D eigenvalue weighted by atomic mass is 10.2. The Balaban J connectivity index is 1.36. The molecule has 4 rings (SSSR count). The number of carbonyl (C=O) groups excluding carboxylic acids is 2. The van der Waals surface area contributed by atoms with Gasteiger partial charge >= 0.3 is 0 Å². The van der Waals surface area contributed by atoms with Crippen LogP contribution < -0.4 is 24.8 Å². The predicted octanol–water partition coefficient (Wildman–Crippen LogP) is 2.61. The van der Waals surface area contributed by atoms with Crippen molar-refractivity contribution in [3.05, 3.63) is 66.6 Å². The topological polar surface area (TPSA) is 136 Å². The van der Waals surface area contributed by atoms with Crippen LogP contribution in [0.3, 0.4) is 0 Å². The molecule has 11 heteroatoms. The molecule has 0 fully saturated rings. The Morgan fingerprint density at radius 3 is 2.33 bits per heavy atom. The van der Waals surface area contributed by atoms with Crippen molar-refractivity contribution in [2.45, 2.75) is 17.9 Å². The van der Waals surface area contributed by atoms with Crippen molar-refractivity contribution < 1.29 is 31.9 Å². The number of rotatable bonds is 7. The highest BCUT2D eigenvalue weighted by Crippen LogP contribution is 2.32. The van der Waals surface area contributed by atoms with Gasteiger partial charge in [-0.1, -0.05) is 0 Å². The number of fused-ring (bicyclic) bond motifs is 1. The fraction of sp³-hybridized carbons (Fsp3) is 0.182. The fourth-order valence-corrected chi connectivity index (χ4v) is 4.09. The number of furan rings is 1. The third kappa shape index (κ3) is 5.26. The van der Waals surface area contributed by atoms with Crippen LogP contribution in [0.4, 0.5) is 11.4 Å². The number of hydrogen-bond acceptors (Lipinski definition) is 7. The Labute approximate surface area is 189 Å². The van der Waals surface area contributed by atoms with Gasteiger partial charge in [0.15, 0.2) is 17.3 Å². The SMILES string of the molecule is CC(NC(=O)c1ccco1)C(=O)Nc1ccc(NS(=O)(=O)c2ccc3c(c2)OCCO3)cc1. The van der Waals surface area contributed by atoms with E-state index in [4.69, 9.17) is 13.9 Å². The van der Waals surface area contributed by atoms with Gasteiger partial charge in [0, 0.05) is 17.4 Å². The van der Waals surface area contributed by atoms with Crippen LogP contribution in [0.2, 0.25) is 0 Å². The molecule has 2 heterocycles. The molecule has 2 aromatic carbocycles. The summed E-state index contributed by atoms with van der Waals surface area (Å²) in [5.41, 5.74) is 0.739. The molecule has 1 aliphatic rings. The molecular weight excluding hydrogens is 450 g/mol. The molecule has 0 saturated carbocycles. The van der Waals surface area contributed by atoms with E-state index in [0.29, 0.717) is 36.1 Å². The van der Waals surface area contributed by atoms with Crippen LogP contribution in [0.5, 0.6) is 11.5 Å². The van der Waals surface area contributed by atoms with Crippen molar-refractivity contribution in [2.24, 2.45) is 0 Å². The Morgan fingerprint density at radius 2 is 1.64 bits per heavy atom. The van der Waals surface area contributed by atoms with Gasteiger partial charge in [-0.3, -0.25) is 14.3 Å². The minimum absolute atomic E-state index is 0.0326. The quantitative estimate of drug-likeness (QED) is 0.482. The van der Waals surface area contributed by atoms with Gasteiger partial charge in [-0.05, 0) is 55.5 Å². The normalized spacial score (nSPS) is 13.6. The molecular formula is C22H21N3O7S. The Kier molecular flexibility index (Phi) is 6.22. The monoisotopic (exact) mass is 471 g/mol. The summed E-state index contributed by atoms with van der Waals surface area (Å²) in [6.45, 7) is 2.30. The summed E-state index contributed by atoms with van der Waals surface area (Å²) in [6.07, 6.45) is 1.36. The van der Waals surface area contributed by atoms with Crippen LogP contribution in [0.1, 0.15) is 17.5 Å². The van der Waals surface area contributed by atoms with Gasteiger partial charge in [0.05, 0.1) is 11.2 Å². The van der Waals surface area contributed by atoms with E-state index in [9.17, 15) is 18.0 Å². The lowest BCUT2D eigenvalue weighted by molar-refractivity contribution is -0.117. The number of benzene rings is 2. The maximum absolute atomic E-state index is 12.7. The lowest BCUT2D eigenvalue weighted by Crippen LogP contribution is -2.41. The Morgan fingerprint density at radius 1 is 0.939 bits per heavy atom. The Hall–Kier alpha value is -3.99. The third-order valence-electron chi connectivity index (χ3n) is 4.71. The molecule has 172 valence electrons. The lowest BCUT2D eigenvalue weighted by Gasteiger charge is -2.19. The summed E-state index contributed by atoms with van der Waals surface area (Å²) in [4.78, 5) is 24.4. The molecule has 33 heavy (non-hydrogen) atoms. The van der Waals surface area contributed by atoms with Gasteiger partial charge in [0.25, 0.3) is 15.9 Å². The van der Waals surface area contributed by atoms with Gasteiger partial charge < -0.3 is 24.5 Å². The maximum Gasteiger partial charge on any atom is 0.287 e. The molecule has 3 N–H and O–H groups in total. The van der Waals surface area contributed by atoms with E-state index in [1.165, 1.54) is 43.5 Å². The van der Waals surface area contributed by atoms with Gasteiger partial charge in [-0.25, -0.2) is 8.42 Å². The van der Waals surface area contributed by atoms with Crippen molar-refractivity contribution in [3.8, 4) is 11.5 Å². The number of sulfonamides is 1. The maximum atomic E-state index is 12.7. The molecule has 2 amide bonds. The summed E-state index contributed by atoms with van der Waals surface area (Å²) >= 11 is 0. The zero-order chi connectivity index (χ0) is 23.4. The zero-order valence-electron chi connectivity index (χ0n) is 17.5. The van der Waals surface area contributed by atoms with E-state index in [0.717, 1.165) is 0 Å². The number of ether oxygens (including phenoxy) is 2. The summed E-state index contributed by atoms with van der Waals surface area (Å²) in [5, 5.41) is 5.19. The summed E-state index contributed by atoms with van der Waals surface area (Å²) in [5.74, 6) is 0.0145. The average molecular weight is 471 g/mol. The van der Waals surface area contributed by atoms with Crippen molar-refractivity contribution in [3.63, 3.8) is 0 Å². The van der Waals surface area contributed by atoms with Crippen LogP contribution in [-0.4, -0.2) is 39.5 Å². The number of carbonyl (C=O) groups is 2. The number of nitrogens with one attached hydrogen (secondary N) is 3. The van der Waals surface area contributed by atoms with Crippen molar-refractivity contribution >= 4 is 33.2 Å². The van der Waals surface area contributed by atoms with E-state index in [2.05, 4.69) is 15.4 Å². The van der Waals surface area contributed by atoms with Crippen LogP contribution >= 0.6 is 0 Å². The van der Waals surface area contributed by atoms with Gasteiger partial charge in [0.1, 0.15) is 19.3 Å². The fourth-order valence-electron chi connectivity index (χ4n) is 3.02. The van der Waals surface area contributed by atoms with E-state index in [1.807, 2.05) is 0 Å². The second-order valence-electron chi connectivity index (χ2n) is 7.15. The number of hydrogen-bond donors (Lipinski definition) is 3. The first-order valence-corrected chi connectivity index (χ1v) is 11.5. The average Bonchev–Trinajstić information content (AvgIpc) is 3.35. The van der Waals surface area contributed by atoms with Gasteiger partial charge in [0.2, 0.25) is 5.91 Å². The summed E-state index contributed by atoms with van der Waals surface area (Å²) < 4.78 is 43.8. The van der Waals surface area contributed by atoms with E-state index in [-0.39, 0.29) is 10.7 Å². The first-order chi connectivity index (χ1) is 15.8. The molecule has 0 radical (unpaired) electrons. The molecule has 0 saturated heterocycles. The number of amides is 2. The van der Waals surface area contributed by atoms with Gasteiger partial charge in [-0.15, -0.1) is 0 Å². The molecule has 0 aliphatic carbocycles. The van der Waals surface area contributed by atoms with Crippen LogP contribution in [0.15, 0.2) is 70.2 Å². The van der Waals surface area contributed by atoms with Crippen molar-refractivity contribution in [1.29, 1.82) is 0 Å². The molecule has 1 unspecified atom stereocenters. The highest BCUT2D eigenvalue weighted by atomic mass is 32.2. The minimum atomic E-state index is -3.86. The molecule has 1 aromatic heterocycles. The van der Waals surface area contributed by atoms with E-state index >= 15 is 0 Å². The second kappa shape index (κ2) is 9.25. The molecule has 3 aromatic rings. The Bertz CT molecular complexity index is 1260. The van der Waals surface area contributed by atoms with Gasteiger partial charge in [-0.2, -0.15) is 0 Å². The highest BCUT2D eigenvalue weighted by molar-refractivity contribution is 7.92. The molecule has 0 bridgehead atoms. The van der Waals surface area contributed by atoms with Crippen LogP contribution in [0.25, 0.3) is 0 Å². The van der Waals surface area contributed by atoms with Crippen LogP contribution in [-0.2, 0) is 14.8 Å². The van der Waals surface area contributed by atoms with Crippen LogP contribution in [0, 0.1) is 0 Å². The van der Waals surface area contributed by atoms with E-state index in [1.54, 1.807) is 24.3 Å². The van der Waals surface area contributed by atoms with Crippen molar-refractivity contribution in [2.75, 3.05) is 23.3 Å². The molecule has 10 nitrogen and oxygen atoms in total. The largest absolute Gasteiger partial charge is 0.486 e. The summed E-state index contributed by atoms with van der Waals surface area (Å²) in [7, 11) is -3.86. The standard InChI is InChI=1S/C22H21N3O7S/c1-14(23-22(27)19-3-2-10-30-19)21(26)24-15-4-6-16(7-5-15)25-33(28,29)17-8-9-18-20(13-17)32-12-11-31-18/h2-10,13-14,25H,11-12H2,1H3,(H,23,27)(H,24,26). The molecule has 1 aliphatic heterocycles. The number of anilines is 2. The summed E-state index contributed by atoms with van der Waals surface area (Å²) in [6, 6.07) is 12.7.